The summed E-state index contributed by atoms with van der Waals surface area (Å²) in [5, 5.41) is 6.85. The van der Waals surface area contributed by atoms with Crippen molar-refractivity contribution in [3.63, 3.8) is 0 Å². The minimum Gasteiger partial charge on any atom is -0.374 e. The summed E-state index contributed by atoms with van der Waals surface area (Å²) >= 11 is 0. The fourth-order valence-electron chi connectivity index (χ4n) is 1.51. The van der Waals surface area contributed by atoms with Crippen molar-refractivity contribution in [2.45, 2.75) is 33.8 Å². The second kappa shape index (κ2) is 5.83. The molecule has 0 aromatic heterocycles. The lowest BCUT2D eigenvalue weighted by Crippen LogP contribution is -2.46. The molecule has 1 atom stereocenters. The Labute approximate surface area is 94.0 Å². The van der Waals surface area contributed by atoms with E-state index in [9.17, 15) is 0 Å². The Bertz CT molecular complexity index is 174. The molecule has 0 aromatic rings. The Hall–Kier alpha value is -0.120. The van der Waals surface area contributed by atoms with Crippen LogP contribution in [0.1, 0.15) is 27.7 Å². The molecule has 3 nitrogen and oxygen atoms in total. The standard InChI is InChI=1S/C12H26N2O/c1-10(2)12(3,4)9-14-8-11-7-13-5-6-15-11/h10-11,13-14H,5-9H2,1-4H3. The monoisotopic (exact) mass is 214 g/mol. The topological polar surface area (TPSA) is 33.3 Å². The summed E-state index contributed by atoms with van der Waals surface area (Å²) in [7, 11) is 0. The largest absolute Gasteiger partial charge is 0.374 e. The number of ether oxygens (including phenoxy) is 1. The van der Waals surface area contributed by atoms with E-state index in [1.165, 1.54) is 0 Å². The fraction of sp³-hybridized carbons (Fsp3) is 1.00. The van der Waals surface area contributed by atoms with Gasteiger partial charge in [0.25, 0.3) is 0 Å². The van der Waals surface area contributed by atoms with Crippen molar-refractivity contribution in [2.24, 2.45) is 11.3 Å². The Balaban J connectivity index is 2.14. The highest BCUT2D eigenvalue weighted by Gasteiger charge is 2.22. The van der Waals surface area contributed by atoms with Crippen LogP contribution in [0.4, 0.5) is 0 Å². The predicted octanol–water partition coefficient (Wildman–Crippen LogP) is 1.25. The van der Waals surface area contributed by atoms with E-state index >= 15 is 0 Å². The smallest absolute Gasteiger partial charge is 0.0824 e. The molecule has 1 aliphatic rings. The molecule has 1 saturated heterocycles. The van der Waals surface area contributed by atoms with Gasteiger partial charge in [0, 0.05) is 26.2 Å². The molecule has 0 amide bonds. The Morgan fingerprint density at radius 1 is 1.47 bits per heavy atom. The zero-order valence-corrected chi connectivity index (χ0v) is 10.6. The van der Waals surface area contributed by atoms with E-state index in [0.29, 0.717) is 17.4 Å². The summed E-state index contributed by atoms with van der Waals surface area (Å²) in [6, 6.07) is 0. The van der Waals surface area contributed by atoms with Crippen LogP contribution in [0.2, 0.25) is 0 Å². The normalized spacial score (nSPS) is 23.4. The minimum absolute atomic E-state index is 0.349. The number of nitrogens with one attached hydrogen (secondary N) is 2. The molecular formula is C12H26N2O. The Kier molecular flexibility index (Phi) is 5.03. The number of morpholine rings is 1. The maximum Gasteiger partial charge on any atom is 0.0824 e. The summed E-state index contributed by atoms with van der Waals surface area (Å²) in [4.78, 5) is 0. The molecule has 0 radical (unpaired) electrons. The van der Waals surface area contributed by atoms with Crippen LogP contribution >= 0.6 is 0 Å². The van der Waals surface area contributed by atoms with Gasteiger partial charge in [0.05, 0.1) is 12.7 Å². The van der Waals surface area contributed by atoms with E-state index in [1.807, 2.05) is 0 Å². The Morgan fingerprint density at radius 3 is 2.73 bits per heavy atom. The van der Waals surface area contributed by atoms with E-state index in [4.69, 9.17) is 4.74 Å². The lowest BCUT2D eigenvalue weighted by atomic mass is 9.81. The van der Waals surface area contributed by atoms with E-state index < -0.39 is 0 Å². The van der Waals surface area contributed by atoms with Gasteiger partial charge < -0.3 is 15.4 Å². The van der Waals surface area contributed by atoms with Gasteiger partial charge in [0.2, 0.25) is 0 Å². The quantitative estimate of drug-likeness (QED) is 0.722. The molecule has 0 spiro atoms. The molecule has 0 aromatic carbocycles. The zero-order valence-electron chi connectivity index (χ0n) is 10.6. The van der Waals surface area contributed by atoms with Crippen molar-refractivity contribution >= 4 is 0 Å². The zero-order chi connectivity index (χ0) is 11.3. The predicted molar refractivity (Wildman–Crippen MR) is 64.1 cm³/mol. The third kappa shape index (κ3) is 4.49. The molecule has 90 valence electrons. The molecule has 3 heteroatoms. The maximum absolute atomic E-state index is 5.63. The van der Waals surface area contributed by atoms with E-state index in [2.05, 4.69) is 38.3 Å². The van der Waals surface area contributed by atoms with Gasteiger partial charge in [-0.1, -0.05) is 27.7 Å². The highest BCUT2D eigenvalue weighted by molar-refractivity contribution is 4.77. The van der Waals surface area contributed by atoms with Gasteiger partial charge in [-0.25, -0.2) is 0 Å². The first-order valence-corrected chi connectivity index (χ1v) is 6.05. The van der Waals surface area contributed by atoms with E-state index in [1.54, 1.807) is 0 Å². The highest BCUT2D eigenvalue weighted by atomic mass is 16.5. The van der Waals surface area contributed by atoms with Crippen LogP contribution in [-0.2, 0) is 4.74 Å². The van der Waals surface area contributed by atoms with Crippen molar-refractivity contribution in [2.75, 3.05) is 32.8 Å². The lowest BCUT2D eigenvalue weighted by molar-refractivity contribution is 0.0272. The first kappa shape index (κ1) is 12.9. The summed E-state index contributed by atoms with van der Waals surface area (Å²) < 4.78 is 5.63. The molecule has 1 unspecified atom stereocenters. The summed E-state index contributed by atoms with van der Waals surface area (Å²) in [5.74, 6) is 0.704. The Morgan fingerprint density at radius 2 is 2.20 bits per heavy atom. The molecular weight excluding hydrogens is 188 g/mol. The van der Waals surface area contributed by atoms with Crippen LogP contribution in [-0.4, -0.2) is 38.9 Å². The van der Waals surface area contributed by atoms with Crippen LogP contribution in [0.3, 0.4) is 0 Å². The minimum atomic E-state index is 0.349. The molecule has 0 aliphatic carbocycles. The fourth-order valence-corrected chi connectivity index (χ4v) is 1.51. The third-order valence-electron chi connectivity index (χ3n) is 3.52. The van der Waals surface area contributed by atoms with Crippen LogP contribution in [0, 0.1) is 11.3 Å². The average Bonchev–Trinajstić information content (AvgIpc) is 2.19. The van der Waals surface area contributed by atoms with Crippen molar-refractivity contribution in [1.82, 2.24) is 10.6 Å². The molecule has 15 heavy (non-hydrogen) atoms. The molecule has 0 bridgehead atoms. The van der Waals surface area contributed by atoms with Gasteiger partial charge in [0.15, 0.2) is 0 Å². The van der Waals surface area contributed by atoms with E-state index in [-0.39, 0.29) is 0 Å². The SMILES string of the molecule is CC(C)C(C)(C)CNCC1CNCCO1. The molecule has 1 fully saturated rings. The third-order valence-corrected chi connectivity index (χ3v) is 3.52. The van der Waals surface area contributed by atoms with E-state index in [0.717, 1.165) is 32.8 Å². The number of hydrogen-bond donors (Lipinski definition) is 2. The lowest BCUT2D eigenvalue weighted by Gasteiger charge is -2.31. The first-order valence-electron chi connectivity index (χ1n) is 6.05. The van der Waals surface area contributed by atoms with Crippen molar-refractivity contribution in [3.05, 3.63) is 0 Å². The van der Waals surface area contributed by atoms with Crippen molar-refractivity contribution in [3.8, 4) is 0 Å². The van der Waals surface area contributed by atoms with Crippen LogP contribution < -0.4 is 10.6 Å². The molecule has 0 saturated carbocycles. The van der Waals surface area contributed by atoms with Crippen molar-refractivity contribution < 1.29 is 4.74 Å². The maximum atomic E-state index is 5.63. The summed E-state index contributed by atoms with van der Waals surface area (Å²) in [5.41, 5.74) is 0.363. The average molecular weight is 214 g/mol. The summed E-state index contributed by atoms with van der Waals surface area (Å²) in [6.07, 6.45) is 0.349. The molecule has 2 N–H and O–H groups in total. The first-order chi connectivity index (χ1) is 7.02. The van der Waals surface area contributed by atoms with Gasteiger partial charge in [0.1, 0.15) is 0 Å². The van der Waals surface area contributed by atoms with Gasteiger partial charge >= 0.3 is 0 Å². The van der Waals surface area contributed by atoms with Crippen LogP contribution in [0.5, 0.6) is 0 Å². The molecule has 1 aliphatic heterocycles. The second-order valence-corrected chi connectivity index (χ2v) is 5.47. The van der Waals surface area contributed by atoms with Crippen LogP contribution in [0.25, 0.3) is 0 Å². The van der Waals surface area contributed by atoms with Gasteiger partial charge in [-0.2, -0.15) is 0 Å². The summed E-state index contributed by atoms with van der Waals surface area (Å²) in [6.45, 7) is 14.0. The number of rotatable bonds is 5. The van der Waals surface area contributed by atoms with Gasteiger partial charge in [-0.3, -0.25) is 0 Å². The highest BCUT2D eigenvalue weighted by Crippen LogP contribution is 2.24. The second-order valence-electron chi connectivity index (χ2n) is 5.47. The molecule has 1 rings (SSSR count). The van der Waals surface area contributed by atoms with Crippen molar-refractivity contribution in [1.29, 1.82) is 0 Å². The van der Waals surface area contributed by atoms with Gasteiger partial charge in [-0.15, -0.1) is 0 Å². The van der Waals surface area contributed by atoms with Crippen LogP contribution in [0.15, 0.2) is 0 Å². The number of hydrogen-bond acceptors (Lipinski definition) is 3. The van der Waals surface area contributed by atoms with Gasteiger partial charge in [-0.05, 0) is 11.3 Å². The molecule has 1 heterocycles.